The van der Waals surface area contributed by atoms with Gasteiger partial charge in [-0.15, -0.1) is 0 Å². The highest BCUT2D eigenvalue weighted by molar-refractivity contribution is 5.95. The van der Waals surface area contributed by atoms with Gasteiger partial charge in [-0.3, -0.25) is 14.6 Å². The van der Waals surface area contributed by atoms with Gasteiger partial charge in [0.2, 0.25) is 0 Å². The summed E-state index contributed by atoms with van der Waals surface area (Å²) in [4.78, 5) is 30.2. The minimum Gasteiger partial charge on any atom is -0.508 e. The first-order valence-corrected chi connectivity index (χ1v) is 8.53. The summed E-state index contributed by atoms with van der Waals surface area (Å²) >= 11 is 0. The van der Waals surface area contributed by atoms with E-state index in [2.05, 4.69) is 10.3 Å². The zero-order valence-corrected chi connectivity index (χ0v) is 14.3. The van der Waals surface area contributed by atoms with Crippen molar-refractivity contribution in [3.05, 3.63) is 53.9 Å². The van der Waals surface area contributed by atoms with Gasteiger partial charge in [0.25, 0.3) is 11.8 Å². The summed E-state index contributed by atoms with van der Waals surface area (Å²) in [5.74, 6) is -0.333. The topological polar surface area (TPSA) is 103 Å². The number of carbonyl (C=O) groups excluding carboxylic acids is 2. The maximum atomic E-state index is 12.5. The minimum absolute atomic E-state index is 0.138. The van der Waals surface area contributed by atoms with Gasteiger partial charge in [0.05, 0.1) is 5.56 Å². The summed E-state index contributed by atoms with van der Waals surface area (Å²) in [6, 6.07) is 7.32. The Morgan fingerprint density at radius 1 is 1.12 bits per heavy atom. The predicted molar refractivity (Wildman–Crippen MR) is 95.0 cm³/mol. The molecule has 2 aromatic rings. The molecule has 7 nitrogen and oxygen atoms in total. The van der Waals surface area contributed by atoms with Crippen LogP contribution in [0.15, 0.2) is 42.7 Å². The highest BCUT2D eigenvalue weighted by atomic mass is 16.3. The summed E-state index contributed by atoms with van der Waals surface area (Å²) in [7, 11) is 0. The van der Waals surface area contributed by atoms with Crippen molar-refractivity contribution in [3.8, 4) is 11.5 Å². The molecule has 1 aliphatic heterocycles. The maximum Gasteiger partial charge on any atom is 0.254 e. The highest BCUT2D eigenvalue weighted by Crippen LogP contribution is 2.24. The summed E-state index contributed by atoms with van der Waals surface area (Å²) in [5, 5.41) is 22.0. The molecule has 7 heteroatoms. The Morgan fingerprint density at radius 2 is 1.81 bits per heavy atom. The van der Waals surface area contributed by atoms with Gasteiger partial charge in [-0.05, 0) is 43.0 Å². The number of phenols is 2. The minimum atomic E-state index is -0.214. The predicted octanol–water partition coefficient (Wildman–Crippen LogP) is 1.77. The van der Waals surface area contributed by atoms with Crippen LogP contribution in [0.4, 0.5) is 0 Å². The van der Waals surface area contributed by atoms with Crippen LogP contribution < -0.4 is 5.32 Å². The molecule has 0 aliphatic carbocycles. The Kier molecular flexibility index (Phi) is 5.36. The molecule has 0 atom stereocenters. The van der Waals surface area contributed by atoms with Crippen molar-refractivity contribution in [3.63, 3.8) is 0 Å². The molecule has 2 heterocycles. The van der Waals surface area contributed by atoms with E-state index in [9.17, 15) is 19.8 Å². The average Bonchev–Trinajstić information content (AvgIpc) is 2.66. The fourth-order valence-corrected chi connectivity index (χ4v) is 3.08. The van der Waals surface area contributed by atoms with Crippen molar-refractivity contribution < 1.29 is 19.8 Å². The smallest absolute Gasteiger partial charge is 0.254 e. The first-order chi connectivity index (χ1) is 12.5. The van der Waals surface area contributed by atoms with E-state index in [0.717, 1.165) is 12.8 Å². The summed E-state index contributed by atoms with van der Waals surface area (Å²) in [6.07, 6.45) is 4.71. The average molecular weight is 355 g/mol. The van der Waals surface area contributed by atoms with E-state index in [1.165, 1.54) is 24.4 Å². The first kappa shape index (κ1) is 17.7. The van der Waals surface area contributed by atoms with Crippen molar-refractivity contribution in [2.45, 2.75) is 12.8 Å². The first-order valence-electron chi connectivity index (χ1n) is 8.53. The van der Waals surface area contributed by atoms with Crippen molar-refractivity contribution in [1.82, 2.24) is 15.2 Å². The van der Waals surface area contributed by atoms with Crippen molar-refractivity contribution in [2.75, 3.05) is 19.6 Å². The van der Waals surface area contributed by atoms with E-state index in [1.54, 1.807) is 23.2 Å². The molecule has 136 valence electrons. The second-order valence-electron chi connectivity index (χ2n) is 6.43. The number of amides is 2. The van der Waals surface area contributed by atoms with Gasteiger partial charge in [-0.2, -0.15) is 0 Å². The number of phenolic OH excluding ortho intramolecular Hbond substituents is 2. The van der Waals surface area contributed by atoms with Crippen LogP contribution in [0.1, 0.15) is 33.6 Å². The van der Waals surface area contributed by atoms with Gasteiger partial charge in [-0.25, -0.2) is 0 Å². The van der Waals surface area contributed by atoms with Gasteiger partial charge in [-0.1, -0.05) is 0 Å². The zero-order chi connectivity index (χ0) is 18.5. The van der Waals surface area contributed by atoms with Gasteiger partial charge < -0.3 is 20.4 Å². The number of aromatic hydroxyl groups is 2. The number of hydrogen-bond donors (Lipinski definition) is 3. The standard InChI is InChI=1S/C19H21N3O4/c23-16-8-15(9-17(24)10-16)19(26)22-6-3-13(4-7-22)11-21-18(25)14-2-1-5-20-12-14/h1-2,5,8-10,12-13,23-24H,3-4,6-7,11H2,(H,21,25). The molecule has 1 aromatic carbocycles. The normalized spacial score (nSPS) is 14.8. The van der Waals surface area contributed by atoms with E-state index in [-0.39, 0.29) is 28.9 Å². The third-order valence-electron chi connectivity index (χ3n) is 4.53. The number of rotatable bonds is 4. The molecule has 0 unspecified atom stereocenters. The molecule has 1 aromatic heterocycles. The number of carbonyl (C=O) groups is 2. The molecule has 26 heavy (non-hydrogen) atoms. The molecule has 0 bridgehead atoms. The molecule has 1 saturated heterocycles. The highest BCUT2D eigenvalue weighted by Gasteiger charge is 2.24. The van der Waals surface area contributed by atoms with Crippen LogP contribution in [0.5, 0.6) is 11.5 Å². The molecule has 0 radical (unpaired) electrons. The quantitative estimate of drug-likeness (QED) is 0.776. The third kappa shape index (κ3) is 4.30. The van der Waals surface area contributed by atoms with Crippen LogP contribution in [-0.2, 0) is 0 Å². The molecule has 0 saturated carbocycles. The van der Waals surface area contributed by atoms with Crippen LogP contribution >= 0.6 is 0 Å². The lowest BCUT2D eigenvalue weighted by Crippen LogP contribution is -2.41. The number of pyridine rings is 1. The number of nitrogens with one attached hydrogen (secondary N) is 1. The van der Waals surface area contributed by atoms with E-state index in [0.29, 0.717) is 31.1 Å². The molecule has 3 N–H and O–H groups in total. The van der Waals surface area contributed by atoms with Crippen LogP contribution in [0.25, 0.3) is 0 Å². The number of benzene rings is 1. The van der Waals surface area contributed by atoms with E-state index in [4.69, 9.17) is 0 Å². The van der Waals surface area contributed by atoms with Crippen LogP contribution in [-0.4, -0.2) is 51.5 Å². The summed E-state index contributed by atoms with van der Waals surface area (Å²) in [5.41, 5.74) is 0.801. The lowest BCUT2D eigenvalue weighted by atomic mass is 9.96. The molecule has 3 rings (SSSR count). The van der Waals surface area contributed by atoms with Crippen molar-refractivity contribution in [1.29, 1.82) is 0 Å². The second kappa shape index (κ2) is 7.86. The van der Waals surface area contributed by atoms with Crippen molar-refractivity contribution >= 4 is 11.8 Å². The Labute approximate surface area is 151 Å². The lowest BCUT2D eigenvalue weighted by Gasteiger charge is -2.32. The third-order valence-corrected chi connectivity index (χ3v) is 4.53. The largest absolute Gasteiger partial charge is 0.508 e. The fraction of sp³-hybridized carbons (Fsp3) is 0.316. The van der Waals surface area contributed by atoms with Gasteiger partial charge >= 0.3 is 0 Å². The molecule has 2 amide bonds. The van der Waals surface area contributed by atoms with Gasteiger partial charge in [0.1, 0.15) is 11.5 Å². The SMILES string of the molecule is O=C(NCC1CCN(C(=O)c2cc(O)cc(O)c2)CC1)c1cccnc1. The van der Waals surface area contributed by atoms with E-state index < -0.39 is 0 Å². The van der Waals surface area contributed by atoms with Gasteiger partial charge in [0, 0.05) is 43.7 Å². The Morgan fingerprint density at radius 3 is 2.42 bits per heavy atom. The Balaban J connectivity index is 1.49. The van der Waals surface area contributed by atoms with Crippen LogP contribution in [0, 0.1) is 5.92 Å². The maximum absolute atomic E-state index is 12.5. The lowest BCUT2D eigenvalue weighted by molar-refractivity contribution is 0.0683. The Bertz CT molecular complexity index is 766. The summed E-state index contributed by atoms with van der Waals surface area (Å²) in [6.45, 7) is 1.70. The van der Waals surface area contributed by atoms with E-state index >= 15 is 0 Å². The van der Waals surface area contributed by atoms with Crippen molar-refractivity contribution in [2.24, 2.45) is 5.92 Å². The summed E-state index contributed by atoms with van der Waals surface area (Å²) < 4.78 is 0. The number of piperidine rings is 1. The molecule has 1 fully saturated rings. The molecule has 1 aliphatic rings. The Hall–Kier alpha value is -3.09. The fourth-order valence-electron chi connectivity index (χ4n) is 3.08. The number of nitrogens with zero attached hydrogens (tertiary/aromatic N) is 2. The molecule has 0 spiro atoms. The van der Waals surface area contributed by atoms with Crippen LogP contribution in [0.2, 0.25) is 0 Å². The zero-order valence-electron chi connectivity index (χ0n) is 14.3. The second-order valence-corrected chi connectivity index (χ2v) is 6.43. The van der Waals surface area contributed by atoms with Gasteiger partial charge in [0.15, 0.2) is 0 Å². The number of likely N-dealkylation sites (tertiary alicyclic amines) is 1. The monoisotopic (exact) mass is 355 g/mol. The number of aromatic nitrogens is 1. The number of hydrogen-bond acceptors (Lipinski definition) is 5. The molecular formula is C19H21N3O4. The van der Waals surface area contributed by atoms with E-state index in [1.807, 2.05) is 0 Å². The molecular weight excluding hydrogens is 334 g/mol. The van der Waals surface area contributed by atoms with Crippen LogP contribution in [0.3, 0.4) is 0 Å².